The lowest BCUT2D eigenvalue weighted by molar-refractivity contribution is -0.194. The third-order valence-corrected chi connectivity index (χ3v) is 6.71. The summed E-state index contributed by atoms with van der Waals surface area (Å²) in [4.78, 5) is 64.3. The van der Waals surface area contributed by atoms with Gasteiger partial charge in [0, 0.05) is 30.4 Å². The van der Waals surface area contributed by atoms with Gasteiger partial charge in [0.1, 0.15) is 0 Å². The van der Waals surface area contributed by atoms with E-state index in [4.69, 9.17) is 4.84 Å². The van der Waals surface area contributed by atoms with E-state index in [1.807, 2.05) is 6.92 Å². The van der Waals surface area contributed by atoms with Crippen LogP contribution >= 0.6 is 11.8 Å². The summed E-state index contributed by atoms with van der Waals surface area (Å²) < 4.78 is 0. The molecule has 5 amide bonds. The van der Waals surface area contributed by atoms with Crippen LogP contribution in [0.5, 0.6) is 0 Å². The number of amides is 5. The summed E-state index contributed by atoms with van der Waals surface area (Å²) in [5.74, 6) is -1.95. The largest absolute Gasteiger partial charge is 0.361 e. The van der Waals surface area contributed by atoms with Gasteiger partial charge in [0.05, 0.1) is 23.6 Å². The van der Waals surface area contributed by atoms with Gasteiger partial charge in [0.2, 0.25) is 5.91 Å². The average molecular weight is 424 g/mol. The molecule has 3 aliphatic heterocycles. The highest BCUT2D eigenvalue weighted by atomic mass is 32.2. The normalized spacial score (nSPS) is 26.6. The lowest BCUT2D eigenvalue weighted by Gasteiger charge is -2.26. The molecule has 10 nitrogen and oxygen atoms in total. The quantitative estimate of drug-likeness (QED) is 0.280. The predicted molar refractivity (Wildman–Crippen MR) is 103 cm³/mol. The number of nitrogens with one attached hydrogen (secondary N) is 3. The van der Waals surface area contributed by atoms with E-state index in [2.05, 4.69) is 22.5 Å². The summed E-state index contributed by atoms with van der Waals surface area (Å²) >= 11 is 1.64. The van der Waals surface area contributed by atoms with Crippen molar-refractivity contribution in [3.63, 3.8) is 0 Å². The number of hydroxylamine groups is 2. The Morgan fingerprint density at radius 1 is 1.28 bits per heavy atom. The van der Waals surface area contributed by atoms with Crippen LogP contribution in [0.4, 0.5) is 4.79 Å². The van der Waals surface area contributed by atoms with Crippen LogP contribution in [0.15, 0.2) is 12.2 Å². The zero-order chi connectivity index (χ0) is 21.1. The minimum absolute atomic E-state index is 0.000630. The molecule has 3 saturated heterocycles. The van der Waals surface area contributed by atoms with Crippen LogP contribution in [0.25, 0.3) is 0 Å². The first-order chi connectivity index (χ1) is 13.8. The summed E-state index contributed by atoms with van der Waals surface area (Å²) in [5, 5.41) is 8.79. The first-order valence-corrected chi connectivity index (χ1v) is 10.6. The molecule has 3 heterocycles. The highest BCUT2D eigenvalue weighted by Gasteiger charge is 2.47. The van der Waals surface area contributed by atoms with E-state index in [1.165, 1.54) is 0 Å². The molecule has 0 saturated carbocycles. The Balaban J connectivity index is 1.54. The first kappa shape index (κ1) is 21.2. The van der Waals surface area contributed by atoms with Crippen molar-refractivity contribution < 1.29 is 28.8 Å². The lowest BCUT2D eigenvalue weighted by atomic mass is 9.91. The zero-order valence-corrected chi connectivity index (χ0v) is 16.9. The van der Waals surface area contributed by atoms with Crippen molar-refractivity contribution in [3.05, 3.63) is 12.2 Å². The van der Waals surface area contributed by atoms with E-state index in [0.29, 0.717) is 11.5 Å². The van der Waals surface area contributed by atoms with E-state index in [1.54, 1.807) is 11.8 Å². The van der Waals surface area contributed by atoms with Crippen molar-refractivity contribution in [1.29, 1.82) is 0 Å². The monoisotopic (exact) mass is 424 g/mol. The Hall–Kier alpha value is -2.56. The molecule has 3 rings (SSSR count). The molecule has 0 aromatic heterocycles. The Morgan fingerprint density at radius 3 is 2.62 bits per heavy atom. The average Bonchev–Trinajstić information content (AvgIpc) is 3.33. The molecule has 0 bridgehead atoms. The number of hydrogen-bond donors (Lipinski definition) is 3. The highest BCUT2D eigenvalue weighted by Crippen LogP contribution is 2.36. The summed E-state index contributed by atoms with van der Waals surface area (Å²) in [7, 11) is 0. The number of thioether (sulfide) groups is 1. The van der Waals surface area contributed by atoms with Crippen LogP contribution in [-0.4, -0.2) is 64.4 Å². The van der Waals surface area contributed by atoms with Crippen molar-refractivity contribution in [3.8, 4) is 0 Å². The maximum absolute atomic E-state index is 12.8. The second kappa shape index (κ2) is 8.85. The van der Waals surface area contributed by atoms with Crippen LogP contribution in [0.3, 0.4) is 0 Å². The number of carbonyl (C=O) groups is 5. The number of fused-ring (bicyclic) bond motifs is 1. The second-order valence-corrected chi connectivity index (χ2v) is 8.44. The van der Waals surface area contributed by atoms with Gasteiger partial charge >= 0.3 is 12.0 Å². The van der Waals surface area contributed by atoms with Gasteiger partial charge in [-0.1, -0.05) is 19.9 Å². The van der Waals surface area contributed by atoms with Gasteiger partial charge in [-0.15, -0.1) is 5.06 Å². The Kier molecular flexibility index (Phi) is 6.46. The number of hydrogen-bond acceptors (Lipinski definition) is 7. The number of carbonyl (C=O) groups excluding carboxylic acids is 5. The predicted octanol–water partition coefficient (Wildman–Crippen LogP) is -0.152. The van der Waals surface area contributed by atoms with E-state index < -0.39 is 17.8 Å². The minimum atomic E-state index is -0.941. The van der Waals surface area contributed by atoms with Crippen LogP contribution in [-0.2, 0) is 24.0 Å². The van der Waals surface area contributed by atoms with Crippen molar-refractivity contribution in [2.24, 2.45) is 5.92 Å². The van der Waals surface area contributed by atoms with Crippen LogP contribution < -0.4 is 16.0 Å². The summed E-state index contributed by atoms with van der Waals surface area (Å²) in [5.41, 5.74) is -0.0751. The van der Waals surface area contributed by atoms with E-state index in [0.717, 1.165) is 12.2 Å². The van der Waals surface area contributed by atoms with Gasteiger partial charge in [-0.2, -0.15) is 11.8 Å². The van der Waals surface area contributed by atoms with Crippen molar-refractivity contribution in [2.45, 2.75) is 49.9 Å². The molecule has 4 atom stereocenters. The van der Waals surface area contributed by atoms with Gasteiger partial charge in [-0.3, -0.25) is 14.4 Å². The molecule has 11 heteroatoms. The van der Waals surface area contributed by atoms with Gasteiger partial charge in [-0.25, -0.2) is 9.59 Å². The third kappa shape index (κ3) is 4.55. The standard InChI is InChI=1S/C18H24N4O6S/c1-3-4-10(15-14-11(8-29-15)20-18(27)21-14)16(25)19-7-9(2)17(26)28-22-12(23)5-6-13(22)24/h10-11,14-15H,2-8H2,1H3,(H,19,25)(H2,20,21,27)/t10-,11-,14-,15?/m0/s1. The summed E-state index contributed by atoms with van der Waals surface area (Å²) in [6.45, 7) is 5.39. The molecule has 0 spiro atoms. The molecule has 0 radical (unpaired) electrons. The van der Waals surface area contributed by atoms with Crippen molar-refractivity contribution in [1.82, 2.24) is 21.0 Å². The Bertz CT molecular complexity index is 741. The summed E-state index contributed by atoms with van der Waals surface area (Å²) in [6, 6.07) is -0.330. The molecule has 0 aromatic rings. The third-order valence-electron chi connectivity index (χ3n) is 5.15. The summed E-state index contributed by atoms with van der Waals surface area (Å²) in [6.07, 6.45) is 1.42. The number of imide groups is 1. The lowest BCUT2D eigenvalue weighted by Crippen LogP contribution is -2.46. The van der Waals surface area contributed by atoms with Gasteiger partial charge in [-0.05, 0) is 6.42 Å². The molecule has 3 N–H and O–H groups in total. The van der Waals surface area contributed by atoms with E-state index >= 15 is 0 Å². The maximum atomic E-state index is 12.8. The fourth-order valence-electron chi connectivity index (χ4n) is 3.65. The topological polar surface area (TPSA) is 134 Å². The molecule has 0 aromatic carbocycles. The molecular formula is C18H24N4O6S. The van der Waals surface area contributed by atoms with Crippen molar-refractivity contribution >= 4 is 41.5 Å². The van der Waals surface area contributed by atoms with E-state index in [-0.39, 0.29) is 60.1 Å². The fraction of sp³-hybridized carbons (Fsp3) is 0.611. The fourth-order valence-corrected chi connectivity index (χ4v) is 5.33. The zero-order valence-electron chi connectivity index (χ0n) is 16.1. The minimum Gasteiger partial charge on any atom is -0.351 e. The van der Waals surface area contributed by atoms with E-state index in [9.17, 15) is 24.0 Å². The second-order valence-electron chi connectivity index (χ2n) is 7.23. The number of urea groups is 1. The molecule has 158 valence electrons. The molecular weight excluding hydrogens is 400 g/mol. The van der Waals surface area contributed by atoms with Crippen LogP contribution in [0, 0.1) is 5.92 Å². The number of nitrogens with zero attached hydrogens (tertiary/aromatic N) is 1. The highest BCUT2D eigenvalue weighted by molar-refractivity contribution is 8.00. The van der Waals surface area contributed by atoms with Crippen molar-refractivity contribution in [2.75, 3.05) is 12.3 Å². The first-order valence-electron chi connectivity index (χ1n) is 9.54. The van der Waals surface area contributed by atoms with Crippen LogP contribution in [0.2, 0.25) is 0 Å². The van der Waals surface area contributed by atoms with Gasteiger partial charge in [0.15, 0.2) is 0 Å². The maximum Gasteiger partial charge on any atom is 0.361 e. The SMILES string of the molecule is C=C(CNC(=O)[C@@H](CCC)C1SC[C@@H]2NC(=O)N[C@H]12)C(=O)ON1C(=O)CCC1=O. The van der Waals surface area contributed by atoms with Gasteiger partial charge < -0.3 is 20.8 Å². The molecule has 29 heavy (non-hydrogen) atoms. The Morgan fingerprint density at radius 2 is 1.97 bits per heavy atom. The molecule has 3 aliphatic rings. The van der Waals surface area contributed by atoms with Gasteiger partial charge in [0.25, 0.3) is 11.8 Å². The smallest absolute Gasteiger partial charge is 0.351 e. The Labute approximate surface area is 172 Å². The molecule has 3 fully saturated rings. The molecule has 1 unspecified atom stereocenters. The van der Waals surface area contributed by atoms with Crippen LogP contribution in [0.1, 0.15) is 32.6 Å². The molecule has 0 aliphatic carbocycles. The number of rotatable bonds is 8.